The Morgan fingerprint density at radius 1 is 0.594 bits per heavy atom. The predicted octanol–water partition coefficient (Wildman–Crippen LogP) is 10.6. The summed E-state index contributed by atoms with van der Waals surface area (Å²) in [7, 11) is 0. The molecule has 0 rings (SSSR count). The zero-order valence-corrected chi connectivity index (χ0v) is 21.9. The minimum absolute atomic E-state index is 0.118. The summed E-state index contributed by atoms with van der Waals surface area (Å²) in [6.07, 6.45) is 35.4. The monoisotopic (exact) mass is 450 g/mol. The SMILES string of the molecule is C=CCCCCCCCCCCCCCCCCCCCCCCCCC(CC)C(=O)O. The van der Waals surface area contributed by atoms with E-state index >= 15 is 0 Å². The van der Waals surface area contributed by atoms with Crippen LogP contribution in [-0.4, -0.2) is 11.1 Å². The summed E-state index contributed by atoms with van der Waals surface area (Å²) in [6.45, 7) is 5.77. The van der Waals surface area contributed by atoms with Gasteiger partial charge in [-0.15, -0.1) is 6.58 Å². The fourth-order valence-electron chi connectivity index (χ4n) is 4.72. The van der Waals surface area contributed by atoms with E-state index < -0.39 is 5.97 Å². The average Bonchev–Trinajstić information content (AvgIpc) is 2.79. The maximum absolute atomic E-state index is 11.0. The second-order valence-electron chi connectivity index (χ2n) is 10.1. The van der Waals surface area contributed by atoms with Crippen LogP contribution in [0.4, 0.5) is 0 Å². The van der Waals surface area contributed by atoms with Crippen LogP contribution in [0.5, 0.6) is 0 Å². The highest BCUT2D eigenvalue weighted by atomic mass is 16.4. The van der Waals surface area contributed by atoms with Gasteiger partial charge in [-0.05, 0) is 25.7 Å². The van der Waals surface area contributed by atoms with Gasteiger partial charge in [0.25, 0.3) is 0 Å². The van der Waals surface area contributed by atoms with E-state index in [9.17, 15) is 4.79 Å². The van der Waals surface area contributed by atoms with Gasteiger partial charge in [0.2, 0.25) is 0 Å². The first-order chi connectivity index (χ1) is 15.7. The topological polar surface area (TPSA) is 37.3 Å². The van der Waals surface area contributed by atoms with E-state index in [4.69, 9.17) is 5.11 Å². The molecule has 32 heavy (non-hydrogen) atoms. The molecule has 1 atom stereocenters. The van der Waals surface area contributed by atoms with Gasteiger partial charge in [-0.2, -0.15) is 0 Å². The molecule has 2 nitrogen and oxygen atoms in total. The molecule has 0 saturated heterocycles. The number of aliphatic carboxylic acids is 1. The zero-order valence-electron chi connectivity index (χ0n) is 21.9. The Morgan fingerprint density at radius 2 is 0.875 bits per heavy atom. The van der Waals surface area contributed by atoms with Crippen LogP contribution in [0.3, 0.4) is 0 Å². The van der Waals surface area contributed by atoms with Crippen molar-refractivity contribution in [3.8, 4) is 0 Å². The first kappa shape index (κ1) is 31.2. The highest BCUT2D eigenvalue weighted by molar-refractivity contribution is 5.69. The number of carboxylic acids is 1. The molecule has 0 spiro atoms. The van der Waals surface area contributed by atoms with E-state index in [0.717, 1.165) is 19.3 Å². The number of hydrogen-bond donors (Lipinski definition) is 1. The Bertz CT molecular complexity index is 390. The Hall–Kier alpha value is -0.790. The Balaban J connectivity index is 3.09. The van der Waals surface area contributed by atoms with Crippen LogP contribution in [0.25, 0.3) is 0 Å². The number of hydrogen-bond acceptors (Lipinski definition) is 1. The van der Waals surface area contributed by atoms with Crippen molar-refractivity contribution >= 4 is 5.97 Å². The third-order valence-electron chi connectivity index (χ3n) is 7.05. The quantitative estimate of drug-likeness (QED) is 0.0997. The minimum atomic E-state index is -0.612. The first-order valence-electron chi connectivity index (χ1n) is 14.6. The molecule has 0 aliphatic carbocycles. The molecule has 1 unspecified atom stereocenters. The Labute approximate surface area is 202 Å². The van der Waals surface area contributed by atoms with Crippen molar-refractivity contribution < 1.29 is 9.90 Å². The fourth-order valence-corrected chi connectivity index (χ4v) is 4.72. The molecule has 0 aliphatic heterocycles. The zero-order chi connectivity index (χ0) is 23.5. The van der Waals surface area contributed by atoms with Gasteiger partial charge in [0.15, 0.2) is 0 Å². The highest BCUT2D eigenvalue weighted by Gasteiger charge is 2.13. The summed E-state index contributed by atoms with van der Waals surface area (Å²) in [4.78, 5) is 11.0. The predicted molar refractivity (Wildman–Crippen MR) is 142 cm³/mol. The smallest absolute Gasteiger partial charge is 0.306 e. The molecular formula is C30H58O2. The molecule has 0 bridgehead atoms. The van der Waals surface area contributed by atoms with Crippen LogP contribution in [-0.2, 0) is 4.79 Å². The molecule has 0 saturated carbocycles. The lowest BCUT2D eigenvalue weighted by atomic mass is 9.98. The van der Waals surface area contributed by atoms with Gasteiger partial charge in [-0.1, -0.05) is 148 Å². The summed E-state index contributed by atoms with van der Waals surface area (Å²) in [5, 5.41) is 9.05. The fraction of sp³-hybridized carbons (Fsp3) is 0.900. The number of carboxylic acid groups (broad SMARTS) is 1. The molecule has 1 N–H and O–H groups in total. The maximum atomic E-state index is 11.0. The van der Waals surface area contributed by atoms with Crippen molar-refractivity contribution in [2.24, 2.45) is 5.92 Å². The van der Waals surface area contributed by atoms with E-state index in [2.05, 4.69) is 6.58 Å². The summed E-state index contributed by atoms with van der Waals surface area (Å²) in [5.41, 5.74) is 0. The molecule has 0 heterocycles. The lowest BCUT2D eigenvalue weighted by molar-refractivity contribution is -0.142. The molecule has 0 fully saturated rings. The maximum Gasteiger partial charge on any atom is 0.306 e. The number of carbonyl (C=O) groups is 1. The number of allylic oxidation sites excluding steroid dienone is 1. The van der Waals surface area contributed by atoms with Crippen LogP contribution >= 0.6 is 0 Å². The van der Waals surface area contributed by atoms with Gasteiger partial charge in [0.05, 0.1) is 5.92 Å². The van der Waals surface area contributed by atoms with Crippen molar-refractivity contribution in [1.29, 1.82) is 0 Å². The van der Waals surface area contributed by atoms with Crippen molar-refractivity contribution in [2.75, 3.05) is 0 Å². The van der Waals surface area contributed by atoms with Crippen molar-refractivity contribution in [2.45, 2.75) is 167 Å². The van der Waals surface area contributed by atoms with Crippen LogP contribution in [0.1, 0.15) is 167 Å². The molecule has 0 amide bonds. The van der Waals surface area contributed by atoms with Gasteiger partial charge >= 0.3 is 5.97 Å². The van der Waals surface area contributed by atoms with E-state index in [1.165, 1.54) is 141 Å². The van der Waals surface area contributed by atoms with E-state index in [-0.39, 0.29) is 5.92 Å². The highest BCUT2D eigenvalue weighted by Crippen LogP contribution is 2.17. The standard InChI is InChI=1S/C30H58O2/c1-3-5-6-7-8-9-10-11-12-13-14-15-16-17-18-19-20-21-22-23-24-25-26-27-28-29(4-2)30(31)32/h3,29H,1,4-28H2,2H3,(H,31,32). The number of unbranched alkanes of at least 4 members (excludes halogenated alkanes) is 22. The van der Waals surface area contributed by atoms with E-state index in [0.29, 0.717) is 0 Å². The van der Waals surface area contributed by atoms with Crippen molar-refractivity contribution in [1.82, 2.24) is 0 Å². The lowest BCUT2D eigenvalue weighted by Gasteiger charge is -2.08. The van der Waals surface area contributed by atoms with Gasteiger partial charge in [0, 0.05) is 0 Å². The van der Waals surface area contributed by atoms with Crippen LogP contribution < -0.4 is 0 Å². The van der Waals surface area contributed by atoms with Crippen LogP contribution in [0.15, 0.2) is 12.7 Å². The average molecular weight is 451 g/mol. The molecule has 0 radical (unpaired) electrons. The first-order valence-corrected chi connectivity index (χ1v) is 14.6. The van der Waals surface area contributed by atoms with Gasteiger partial charge in [-0.25, -0.2) is 0 Å². The minimum Gasteiger partial charge on any atom is -0.481 e. The lowest BCUT2D eigenvalue weighted by Crippen LogP contribution is -2.12. The van der Waals surface area contributed by atoms with Crippen LogP contribution in [0, 0.1) is 5.92 Å². The molecular weight excluding hydrogens is 392 g/mol. The third-order valence-corrected chi connectivity index (χ3v) is 7.05. The second kappa shape index (κ2) is 26.5. The third kappa shape index (κ3) is 23.9. The van der Waals surface area contributed by atoms with Crippen molar-refractivity contribution in [3.05, 3.63) is 12.7 Å². The summed E-state index contributed by atoms with van der Waals surface area (Å²) in [5.74, 6) is -0.730. The van der Waals surface area contributed by atoms with E-state index in [1.807, 2.05) is 13.0 Å². The molecule has 2 heteroatoms. The Kier molecular flexibility index (Phi) is 25.8. The van der Waals surface area contributed by atoms with Gasteiger partial charge < -0.3 is 5.11 Å². The molecule has 0 aromatic rings. The van der Waals surface area contributed by atoms with E-state index in [1.54, 1.807) is 0 Å². The summed E-state index contributed by atoms with van der Waals surface area (Å²) < 4.78 is 0. The Morgan fingerprint density at radius 3 is 1.12 bits per heavy atom. The number of rotatable bonds is 27. The van der Waals surface area contributed by atoms with Crippen LogP contribution in [0.2, 0.25) is 0 Å². The molecule has 0 aromatic heterocycles. The summed E-state index contributed by atoms with van der Waals surface area (Å²) >= 11 is 0. The molecule has 0 aromatic carbocycles. The molecule has 190 valence electrons. The van der Waals surface area contributed by atoms with Crippen molar-refractivity contribution in [3.63, 3.8) is 0 Å². The second-order valence-corrected chi connectivity index (χ2v) is 10.1. The normalized spacial score (nSPS) is 12.2. The van der Waals surface area contributed by atoms with Gasteiger partial charge in [-0.3, -0.25) is 4.79 Å². The summed E-state index contributed by atoms with van der Waals surface area (Å²) in [6, 6.07) is 0. The van der Waals surface area contributed by atoms with Gasteiger partial charge in [0.1, 0.15) is 0 Å². The molecule has 0 aliphatic rings. The largest absolute Gasteiger partial charge is 0.481 e.